The zero-order valence-corrected chi connectivity index (χ0v) is 21.1. The van der Waals surface area contributed by atoms with Gasteiger partial charge in [0.25, 0.3) is 10.0 Å². The van der Waals surface area contributed by atoms with Crippen LogP contribution in [0, 0.1) is 6.92 Å². The lowest BCUT2D eigenvalue weighted by atomic mass is 10.0. The van der Waals surface area contributed by atoms with E-state index in [1.807, 2.05) is 37.3 Å². The van der Waals surface area contributed by atoms with Crippen LogP contribution in [-0.4, -0.2) is 34.0 Å². The number of carbonyl (C=O) groups is 1. The Morgan fingerprint density at radius 3 is 2.41 bits per heavy atom. The van der Waals surface area contributed by atoms with Crippen molar-refractivity contribution in [2.45, 2.75) is 31.6 Å². The fraction of sp³-hybridized carbons (Fsp3) is 0.269. The van der Waals surface area contributed by atoms with E-state index >= 15 is 0 Å². The molecule has 1 N–H and O–H groups in total. The highest BCUT2D eigenvalue weighted by molar-refractivity contribution is 7.92. The summed E-state index contributed by atoms with van der Waals surface area (Å²) in [7, 11) is -3.99. The van der Waals surface area contributed by atoms with Crippen LogP contribution in [0.5, 0.6) is 5.75 Å². The highest BCUT2D eigenvalue weighted by atomic mass is 35.5. The molecular weight excluding hydrogens is 472 g/mol. The van der Waals surface area contributed by atoms with Gasteiger partial charge in [-0.1, -0.05) is 55.8 Å². The molecule has 0 aromatic heterocycles. The number of anilines is 1. The van der Waals surface area contributed by atoms with Gasteiger partial charge in [0.15, 0.2) is 0 Å². The van der Waals surface area contributed by atoms with Gasteiger partial charge in [-0.3, -0.25) is 9.10 Å². The van der Waals surface area contributed by atoms with Crippen LogP contribution in [0.3, 0.4) is 0 Å². The Bertz CT molecular complexity index is 1230. The van der Waals surface area contributed by atoms with E-state index in [1.54, 1.807) is 18.2 Å². The molecule has 0 aliphatic heterocycles. The van der Waals surface area contributed by atoms with E-state index in [1.165, 1.54) is 24.3 Å². The molecule has 0 unspecified atom stereocenters. The Labute approximate surface area is 206 Å². The van der Waals surface area contributed by atoms with Crippen molar-refractivity contribution in [1.29, 1.82) is 0 Å². The summed E-state index contributed by atoms with van der Waals surface area (Å²) < 4.78 is 33.7. The number of halogens is 1. The molecule has 0 fully saturated rings. The molecule has 3 rings (SSSR count). The molecule has 0 radical (unpaired) electrons. The van der Waals surface area contributed by atoms with Crippen LogP contribution < -0.4 is 14.4 Å². The molecule has 3 aromatic carbocycles. The van der Waals surface area contributed by atoms with Crippen LogP contribution in [-0.2, 0) is 14.8 Å². The monoisotopic (exact) mass is 500 g/mol. The predicted octanol–water partition coefficient (Wildman–Crippen LogP) is 5.16. The molecule has 180 valence electrons. The second kappa shape index (κ2) is 11.4. The number of benzene rings is 3. The number of nitrogens with zero attached hydrogens (tertiary/aromatic N) is 1. The summed E-state index contributed by atoms with van der Waals surface area (Å²) in [6.07, 6.45) is 0. The summed E-state index contributed by atoms with van der Waals surface area (Å²) in [5.74, 6) is 0.657. The summed E-state index contributed by atoms with van der Waals surface area (Å²) in [5, 5.41) is 3.19. The van der Waals surface area contributed by atoms with E-state index in [9.17, 15) is 13.2 Å². The number of hydrogen-bond acceptors (Lipinski definition) is 4. The Kier molecular flexibility index (Phi) is 8.58. The Morgan fingerprint density at radius 1 is 1.03 bits per heavy atom. The number of para-hydroxylation sites is 1. The maximum atomic E-state index is 13.4. The quantitative estimate of drug-likeness (QED) is 0.390. The molecule has 3 aromatic rings. The largest absolute Gasteiger partial charge is 0.491 e. The number of carbonyl (C=O) groups excluding carboxylic acids is 1. The molecular formula is C26H29ClN2O4S. The van der Waals surface area contributed by atoms with Gasteiger partial charge in [-0.05, 0) is 66.4 Å². The first kappa shape index (κ1) is 25.6. The second-order valence-corrected chi connectivity index (χ2v) is 10.5. The van der Waals surface area contributed by atoms with Gasteiger partial charge < -0.3 is 10.1 Å². The smallest absolute Gasteiger partial charge is 0.264 e. The molecule has 0 saturated heterocycles. The van der Waals surface area contributed by atoms with Crippen molar-refractivity contribution in [1.82, 2.24) is 5.32 Å². The van der Waals surface area contributed by atoms with E-state index in [0.29, 0.717) is 16.6 Å². The summed E-state index contributed by atoms with van der Waals surface area (Å²) in [4.78, 5) is 12.8. The zero-order valence-electron chi connectivity index (χ0n) is 19.5. The maximum Gasteiger partial charge on any atom is 0.264 e. The minimum absolute atomic E-state index is 0.0554. The SMILES string of the molecule is Cc1cccc(N(CC(=O)NCCOc2ccccc2C(C)C)S(=O)(=O)c2ccc(Cl)cc2)c1. The Hall–Kier alpha value is -3.03. The van der Waals surface area contributed by atoms with Crippen LogP contribution in [0.4, 0.5) is 5.69 Å². The van der Waals surface area contributed by atoms with Crippen molar-refractivity contribution in [3.8, 4) is 5.75 Å². The van der Waals surface area contributed by atoms with Crippen molar-refractivity contribution in [3.63, 3.8) is 0 Å². The number of sulfonamides is 1. The van der Waals surface area contributed by atoms with Crippen molar-refractivity contribution in [3.05, 3.63) is 88.9 Å². The molecule has 0 saturated carbocycles. The first-order valence-electron chi connectivity index (χ1n) is 11.0. The second-order valence-electron chi connectivity index (χ2n) is 8.20. The minimum Gasteiger partial charge on any atom is -0.491 e. The number of hydrogen-bond donors (Lipinski definition) is 1. The number of nitrogens with one attached hydrogen (secondary N) is 1. The summed E-state index contributed by atoms with van der Waals surface area (Å²) in [6, 6.07) is 20.7. The van der Waals surface area contributed by atoms with E-state index in [0.717, 1.165) is 21.2 Å². The first-order valence-corrected chi connectivity index (χ1v) is 12.8. The van der Waals surface area contributed by atoms with Gasteiger partial charge in [0.05, 0.1) is 17.1 Å². The highest BCUT2D eigenvalue weighted by Crippen LogP contribution is 2.26. The third-order valence-corrected chi connectivity index (χ3v) is 7.24. The van der Waals surface area contributed by atoms with Gasteiger partial charge in [0, 0.05) is 5.02 Å². The Morgan fingerprint density at radius 2 is 1.74 bits per heavy atom. The van der Waals surface area contributed by atoms with Gasteiger partial charge in [0.2, 0.25) is 5.91 Å². The molecule has 0 atom stereocenters. The number of ether oxygens (including phenoxy) is 1. The lowest BCUT2D eigenvalue weighted by Gasteiger charge is -2.24. The molecule has 0 heterocycles. The molecule has 1 amide bonds. The molecule has 0 aliphatic rings. The van der Waals surface area contributed by atoms with Gasteiger partial charge in [-0.2, -0.15) is 0 Å². The maximum absolute atomic E-state index is 13.4. The first-order chi connectivity index (χ1) is 16.2. The lowest BCUT2D eigenvalue weighted by Crippen LogP contribution is -2.42. The van der Waals surface area contributed by atoms with E-state index in [-0.39, 0.29) is 24.6 Å². The van der Waals surface area contributed by atoms with E-state index < -0.39 is 15.9 Å². The van der Waals surface area contributed by atoms with Gasteiger partial charge >= 0.3 is 0 Å². The Balaban J connectivity index is 1.70. The van der Waals surface area contributed by atoms with Crippen molar-refractivity contribution in [2.75, 3.05) is 24.0 Å². The summed E-state index contributed by atoms with van der Waals surface area (Å²) in [6.45, 7) is 6.19. The van der Waals surface area contributed by atoms with Crippen molar-refractivity contribution in [2.24, 2.45) is 0 Å². The van der Waals surface area contributed by atoms with Crippen molar-refractivity contribution < 1.29 is 17.9 Å². The van der Waals surface area contributed by atoms with E-state index in [2.05, 4.69) is 19.2 Å². The molecule has 0 bridgehead atoms. The lowest BCUT2D eigenvalue weighted by molar-refractivity contribution is -0.119. The minimum atomic E-state index is -3.99. The van der Waals surface area contributed by atoms with Gasteiger partial charge in [-0.25, -0.2) is 8.42 Å². The zero-order chi connectivity index (χ0) is 24.7. The fourth-order valence-corrected chi connectivity index (χ4v) is 5.00. The summed E-state index contributed by atoms with van der Waals surface area (Å²) in [5.41, 5.74) is 2.38. The number of rotatable bonds is 10. The average Bonchev–Trinajstić information content (AvgIpc) is 2.80. The van der Waals surface area contributed by atoms with Crippen LogP contribution in [0.25, 0.3) is 0 Å². The fourth-order valence-electron chi connectivity index (χ4n) is 3.46. The van der Waals surface area contributed by atoms with Crippen LogP contribution >= 0.6 is 11.6 Å². The van der Waals surface area contributed by atoms with Crippen LogP contribution in [0.15, 0.2) is 77.7 Å². The average molecular weight is 501 g/mol. The van der Waals surface area contributed by atoms with Gasteiger partial charge in [-0.15, -0.1) is 0 Å². The van der Waals surface area contributed by atoms with E-state index in [4.69, 9.17) is 16.3 Å². The normalized spacial score (nSPS) is 11.3. The highest BCUT2D eigenvalue weighted by Gasteiger charge is 2.27. The molecule has 34 heavy (non-hydrogen) atoms. The third-order valence-electron chi connectivity index (χ3n) is 5.20. The molecule has 0 spiro atoms. The van der Waals surface area contributed by atoms with Crippen LogP contribution in [0.1, 0.15) is 30.9 Å². The third kappa shape index (κ3) is 6.52. The topological polar surface area (TPSA) is 75.7 Å². The predicted molar refractivity (Wildman–Crippen MR) is 136 cm³/mol. The summed E-state index contributed by atoms with van der Waals surface area (Å²) >= 11 is 5.92. The number of aryl methyl sites for hydroxylation is 1. The molecule has 8 heteroatoms. The van der Waals surface area contributed by atoms with Crippen molar-refractivity contribution >= 4 is 33.2 Å². The molecule has 6 nitrogen and oxygen atoms in total. The number of amides is 1. The van der Waals surface area contributed by atoms with Gasteiger partial charge in [0.1, 0.15) is 18.9 Å². The molecule has 0 aliphatic carbocycles. The standard InChI is InChI=1S/C26H29ClN2O4S/c1-19(2)24-9-4-5-10-25(24)33-16-15-28-26(30)18-29(22-8-6-7-20(3)17-22)34(31,32)23-13-11-21(27)12-14-23/h4-14,17,19H,15-16,18H2,1-3H3,(H,28,30). The van der Waals surface area contributed by atoms with Crippen LogP contribution in [0.2, 0.25) is 5.02 Å².